The Balaban J connectivity index is 1.76. The molecule has 0 aliphatic carbocycles. The maximum atomic E-state index is 12.7. The highest BCUT2D eigenvalue weighted by atomic mass is 35.5. The van der Waals surface area contributed by atoms with Gasteiger partial charge < -0.3 is 4.57 Å². The van der Waals surface area contributed by atoms with Crippen molar-refractivity contribution in [3.8, 4) is 0 Å². The number of benzene rings is 2. The highest BCUT2D eigenvalue weighted by Crippen LogP contribution is 2.26. The van der Waals surface area contributed by atoms with Gasteiger partial charge in [-0.3, -0.25) is 4.79 Å². The molecule has 0 N–H and O–H groups in total. The van der Waals surface area contributed by atoms with Gasteiger partial charge in [-0.25, -0.2) is 0 Å². The summed E-state index contributed by atoms with van der Waals surface area (Å²) in [4.78, 5) is 12.7. The van der Waals surface area contributed by atoms with Gasteiger partial charge in [-0.2, -0.15) is 0 Å². The number of carbonyl (C=O) groups excluding carboxylic acids is 1. The molecule has 2 aromatic carbocycles. The fourth-order valence-corrected chi connectivity index (χ4v) is 3.92. The number of ketones is 1. The van der Waals surface area contributed by atoms with E-state index in [1.54, 1.807) is 24.3 Å². The Hall–Kier alpha value is -2.11. The zero-order chi connectivity index (χ0) is 18.5. The van der Waals surface area contributed by atoms with Gasteiger partial charge in [0.2, 0.25) is 0 Å². The second-order valence-electron chi connectivity index (χ2n) is 5.94. The molecule has 3 rings (SSSR count). The van der Waals surface area contributed by atoms with Crippen molar-refractivity contribution in [1.82, 2.24) is 14.8 Å². The summed E-state index contributed by atoms with van der Waals surface area (Å²) < 4.78 is 2.07. The number of thioether (sulfide) groups is 1. The molecule has 0 saturated heterocycles. The van der Waals surface area contributed by atoms with E-state index in [4.69, 9.17) is 11.6 Å². The van der Waals surface area contributed by atoms with Gasteiger partial charge in [-0.15, -0.1) is 10.2 Å². The van der Waals surface area contributed by atoms with Crippen LogP contribution < -0.4 is 0 Å². The monoisotopic (exact) mass is 385 g/mol. The highest BCUT2D eigenvalue weighted by molar-refractivity contribution is 8.00. The predicted octanol–water partition coefficient (Wildman–Crippen LogP) is 4.91. The number of aromatic nitrogens is 3. The summed E-state index contributed by atoms with van der Waals surface area (Å²) in [7, 11) is 0. The summed E-state index contributed by atoms with van der Waals surface area (Å²) in [6.07, 6.45) is 0.721. The third-order valence-electron chi connectivity index (χ3n) is 4.08. The van der Waals surface area contributed by atoms with E-state index in [0.717, 1.165) is 23.9 Å². The molecule has 0 aliphatic heterocycles. The largest absolute Gasteiger partial charge is 0.306 e. The molecule has 26 heavy (non-hydrogen) atoms. The Bertz CT molecular complexity index is 895. The number of Topliss-reactive ketones (excluding diaryl/α,β-unsaturated/α-hetero) is 1. The van der Waals surface area contributed by atoms with E-state index in [0.29, 0.717) is 10.6 Å². The summed E-state index contributed by atoms with van der Waals surface area (Å²) in [5.74, 6) is 0.941. The summed E-state index contributed by atoms with van der Waals surface area (Å²) in [5, 5.41) is 9.71. The molecule has 1 aromatic heterocycles. The number of rotatable bonds is 7. The van der Waals surface area contributed by atoms with E-state index < -0.39 is 0 Å². The van der Waals surface area contributed by atoms with Crippen molar-refractivity contribution in [1.29, 1.82) is 0 Å². The Labute approximate surface area is 162 Å². The summed E-state index contributed by atoms with van der Waals surface area (Å²) in [6.45, 7) is 4.71. The number of hydrogen-bond acceptors (Lipinski definition) is 4. The van der Waals surface area contributed by atoms with E-state index in [9.17, 15) is 4.79 Å². The van der Waals surface area contributed by atoms with Gasteiger partial charge in [0.05, 0.1) is 5.25 Å². The molecular formula is C20H20ClN3OS. The van der Waals surface area contributed by atoms with Gasteiger partial charge in [0.25, 0.3) is 0 Å². The SMILES string of the molecule is CCn1c(Cc2ccccc2)nnc1SC(C)C(=O)c1cccc(Cl)c1. The highest BCUT2D eigenvalue weighted by Gasteiger charge is 2.21. The van der Waals surface area contributed by atoms with Crippen LogP contribution in [0, 0.1) is 0 Å². The van der Waals surface area contributed by atoms with Crippen LogP contribution in [0.25, 0.3) is 0 Å². The van der Waals surface area contributed by atoms with Crippen molar-refractivity contribution >= 4 is 29.1 Å². The molecular weight excluding hydrogens is 366 g/mol. The Morgan fingerprint density at radius 3 is 2.62 bits per heavy atom. The first kappa shape index (κ1) is 18.7. The second-order valence-corrected chi connectivity index (χ2v) is 7.68. The standard InChI is InChI=1S/C20H20ClN3OS/c1-3-24-18(12-15-8-5-4-6-9-15)22-23-20(24)26-14(2)19(25)16-10-7-11-17(21)13-16/h4-11,13-14H,3,12H2,1-2H3. The molecule has 134 valence electrons. The maximum absolute atomic E-state index is 12.7. The lowest BCUT2D eigenvalue weighted by molar-refractivity contribution is 0.0994. The Morgan fingerprint density at radius 1 is 1.15 bits per heavy atom. The molecule has 6 heteroatoms. The fourth-order valence-electron chi connectivity index (χ4n) is 2.72. The van der Waals surface area contributed by atoms with Crippen LogP contribution in [0.5, 0.6) is 0 Å². The zero-order valence-corrected chi connectivity index (χ0v) is 16.3. The van der Waals surface area contributed by atoms with Gasteiger partial charge in [-0.05, 0) is 31.5 Å². The van der Waals surface area contributed by atoms with Gasteiger partial charge in [-0.1, -0.05) is 65.8 Å². The Morgan fingerprint density at radius 2 is 1.92 bits per heavy atom. The lowest BCUT2D eigenvalue weighted by Gasteiger charge is -2.12. The van der Waals surface area contributed by atoms with Crippen LogP contribution in [-0.2, 0) is 13.0 Å². The van der Waals surface area contributed by atoms with Crippen molar-refractivity contribution < 1.29 is 4.79 Å². The van der Waals surface area contributed by atoms with Crippen LogP contribution >= 0.6 is 23.4 Å². The minimum absolute atomic E-state index is 0.0350. The van der Waals surface area contributed by atoms with E-state index in [1.165, 1.54) is 17.3 Å². The third-order valence-corrected chi connectivity index (χ3v) is 5.39. The molecule has 4 nitrogen and oxygen atoms in total. The average molecular weight is 386 g/mol. The van der Waals surface area contributed by atoms with Gasteiger partial charge in [0.15, 0.2) is 10.9 Å². The minimum Gasteiger partial charge on any atom is -0.306 e. The van der Waals surface area contributed by atoms with Gasteiger partial charge >= 0.3 is 0 Å². The second kappa shape index (κ2) is 8.52. The molecule has 0 bridgehead atoms. The zero-order valence-electron chi connectivity index (χ0n) is 14.7. The molecule has 0 saturated carbocycles. The van der Waals surface area contributed by atoms with Crippen molar-refractivity contribution in [3.63, 3.8) is 0 Å². The third kappa shape index (κ3) is 4.34. The van der Waals surface area contributed by atoms with E-state index in [2.05, 4.69) is 33.8 Å². The van der Waals surface area contributed by atoms with Crippen molar-refractivity contribution in [3.05, 3.63) is 76.6 Å². The molecule has 0 fully saturated rings. The molecule has 0 radical (unpaired) electrons. The van der Waals surface area contributed by atoms with Gasteiger partial charge in [0.1, 0.15) is 5.82 Å². The van der Waals surface area contributed by atoms with Crippen LogP contribution in [0.1, 0.15) is 35.6 Å². The van der Waals surface area contributed by atoms with E-state index >= 15 is 0 Å². The normalized spacial score (nSPS) is 12.1. The predicted molar refractivity (Wildman–Crippen MR) is 106 cm³/mol. The molecule has 1 atom stereocenters. The Kier molecular flexibility index (Phi) is 6.12. The van der Waals surface area contributed by atoms with Crippen LogP contribution in [0.2, 0.25) is 5.02 Å². The van der Waals surface area contributed by atoms with Gasteiger partial charge in [0, 0.05) is 23.6 Å². The van der Waals surface area contributed by atoms with Crippen molar-refractivity contribution in [2.45, 2.75) is 37.2 Å². The first-order valence-electron chi connectivity index (χ1n) is 8.51. The van der Waals surface area contributed by atoms with E-state index in [-0.39, 0.29) is 11.0 Å². The topological polar surface area (TPSA) is 47.8 Å². The minimum atomic E-state index is -0.271. The lowest BCUT2D eigenvalue weighted by atomic mass is 10.1. The number of carbonyl (C=O) groups is 1. The molecule has 0 aliphatic rings. The lowest BCUT2D eigenvalue weighted by Crippen LogP contribution is -2.15. The summed E-state index contributed by atoms with van der Waals surface area (Å²) >= 11 is 7.43. The van der Waals surface area contributed by atoms with Crippen LogP contribution in [0.15, 0.2) is 59.8 Å². The number of nitrogens with zero attached hydrogens (tertiary/aromatic N) is 3. The van der Waals surface area contributed by atoms with Crippen LogP contribution in [0.4, 0.5) is 0 Å². The average Bonchev–Trinajstić information content (AvgIpc) is 3.03. The maximum Gasteiger partial charge on any atom is 0.191 e. The first-order valence-corrected chi connectivity index (χ1v) is 9.76. The smallest absolute Gasteiger partial charge is 0.191 e. The summed E-state index contributed by atoms with van der Waals surface area (Å²) in [5.41, 5.74) is 1.80. The number of halogens is 1. The molecule has 3 aromatic rings. The van der Waals surface area contributed by atoms with Crippen molar-refractivity contribution in [2.75, 3.05) is 0 Å². The number of hydrogen-bond donors (Lipinski definition) is 0. The van der Waals surface area contributed by atoms with Crippen LogP contribution in [-0.4, -0.2) is 25.8 Å². The van der Waals surface area contributed by atoms with E-state index in [1.807, 2.05) is 25.1 Å². The molecule has 1 heterocycles. The van der Waals surface area contributed by atoms with Crippen molar-refractivity contribution in [2.24, 2.45) is 0 Å². The first-order chi connectivity index (χ1) is 12.6. The quantitative estimate of drug-likeness (QED) is 0.428. The van der Waals surface area contributed by atoms with Crippen LogP contribution in [0.3, 0.4) is 0 Å². The fraction of sp³-hybridized carbons (Fsp3) is 0.250. The molecule has 1 unspecified atom stereocenters. The summed E-state index contributed by atoms with van der Waals surface area (Å²) in [6, 6.07) is 17.2. The molecule has 0 spiro atoms. The molecule has 0 amide bonds.